The highest BCUT2D eigenvalue weighted by Crippen LogP contribution is 2.44. The van der Waals surface area contributed by atoms with Crippen LogP contribution >= 0.6 is 0 Å². The van der Waals surface area contributed by atoms with Crippen molar-refractivity contribution in [3.63, 3.8) is 0 Å². The van der Waals surface area contributed by atoms with Crippen LogP contribution in [0, 0.1) is 35.5 Å². The van der Waals surface area contributed by atoms with Crippen LogP contribution in [0.4, 0.5) is 0 Å². The monoisotopic (exact) mass is 360 g/mol. The highest BCUT2D eigenvalue weighted by molar-refractivity contribution is 5.07. The Morgan fingerprint density at radius 3 is 2.38 bits per heavy atom. The van der Waals surface area contributed by atoms with E-state index in [1.165, 1.54) is 57.8 Å². The van der Waals surface area contributed by atoms with Gasteiger partial charge in [0.05, 0.1) is 12.3 Å². The first-order chi connectivity index (χ1) is 12.8. The normalized spacial score (nSPS) is 37.5. The zero-order chi connectivity index (χ0) is 18.2. The van der Waals surface area contributed by atoms with Crippen molar-refractivity contribution in [2.75, 3.05) is 19.7 Å². The second kappa shape index (κ2) is 10.7. The predicted molar refractivity (Wildman–Crippen MR) is 109 cm³/mol. The van der Waals surface area contributed by atoms with Gasteiger partial charge in [-0.2, -0.15) is 0 Å². The van der Waals surface area contributed by atoms with E-state index in [0.29, 0.717) is 18.2 Å². The fourth-order valence-corrected chi connectivity index (χ4v) is 5.19. The van der Waals surface area contributed by atoms with E-state index >= 15 is 0 Å². The molecule has 2 N–H and O–H groups in total. The molecule has 1 heterocycles. The van der Waals surface area contributed by atoms with Gasteiger partial charge in [-0.15, -0.1) is 5.92 Å². The van der Waals surface area contributed by atoms with E-state index in [1.54, 1.807) is 0 Å². The fourth-order valence-electron chi connectivity index (χ4n) is 5.19. The Kier molecular flexibility index (Phi) is 8.30. The van der Waals surface area contributed by atoms with E-state index in [4.69, 9.17) is 4.74 Å². The van der Waals surface area contributed by atoms with E-state index in [9.17, 15) is 0 Å². The van der Waals surface area contributed by atoms with Gasteiger partial charge in [-0.1, -0.05) is 26.2 Å². The maximum Gasteiger partial charge on any atom is 0.0601 e. The van der Waals surface area contributed by atoms with Crippen molar-refractivity contribution in [3.05, 3.63) is 0 Å². The molecule has 3 fully saturated rings. The van der Waals surface area contributed by atoms with Gasteiger partial charge in [-0.05, 0) is 69.1 Å². The molecule has 4 unspecified atom stereocenters. The van der Waals surface area contributed by atoms with Crippen molar-refractivity contribution in [1.29, 1.82) is 0 Å². The largest absolute Gasteiger partial charge is 0.378 e. The van der Waals surface area contributed by atoms with Gasteiger partial charge in [0.2, 0.25) is 0 Å². The fraction of sp³-hybridized carbons (Fsp3) is 0.913. The molecule has 2 saturated carbocycles. The molecule has 0 amide bonds. The third-order valence-corrected chi connectivity index (χ3v) is 6.78. The molecule has 3 nitrogen and oxygen atoms in total. The molecule has 3 heteroatoms. The first kappa shape index (κ1) is 20.2. The Morgan fingerprint density at radius 2 is 1.62 bits per heavy atom. The molecule has 3 rings (SSSR count). The van der Waals surface area contributed by atoms with Crippen LogP contribution in [0.25, 0.3) is 0 Å². The summed E-state index contributed by atoms with van der Waals surface area (Å²) in [5.41, 5.74) is 0. The summed E-state index contributed by atoms with van der Waals surface area (Å²) >= 11 is 0. The summed E-state index contributed by atoms with van der Waals surface area (Å²) in [6.45, 7) is 7.54. The molecule has 148 valence electrons. The Balaban J connectivity index is 1.39. The highest BCUT2D eigenvalue weighted by Gasteiger charge is 2.38. The SMILES string of the molecule is CCCC#CC1CNC(C2CCC3CC(OCCCC)CCC3C2)NC1. The van der Waals surface area contributed by atoms with Gasteiger partial charge < -0.3 is 15.4 Å². The zero-order valence-corrected chi connectivity index (χ0v) is 17.1. The number of rotatable bonds is 6. The molecule has 0 aromatic carbocycles. The third kappa shape index (κ3) is 5.72. The molecule has 1 aliphatic heterocycles. The van der Waals surface area contributed by atoms with Crippen molar-refractivity contribution in [2.45, 2.75) is 90.3 Å². The van der Waals surface area contributed by atoms with Crippen LogP contribution in [-0.4, -0.2) is 32.0 Å². The first-order valence-corrected chi connectivity index (χ1v) is 11.4. The van der Waals surface area contributed by atoms with E-state index < -0.39 is 0 Å². The van der Waals surface area contributed by atoms with Crippen molar-refractivity contribution in [1.82, 2.24) is 10.6 Å². The summed E-state index contributed by atoms with van der Waals surface area (Å²) in [6.07, 6.45) is 13.9. The quantitative estimate of drug-likeness (QED) is 0.546. The van der Waals surface area contributed by atoms with E-state index in [2.05, 4.69) is 36.3 Å². The molecule has 0 radical (unpaired) electrons. The molecule has 2 aliphatic carbocycles. The first-order valence-electron chi connectivity index (χ1n) is 11.4. The van der Waals surface area contributed by atoms with Crippen molar-refractivity contribution in [3.8, 4) is 11.8 Å². The van der Waals surface area contributed by atoms with E-state index in [-0.39, 0.29) is 0 Å². The average Bonchev–Trinajstić information content (AvgIpc) is 2.68. The lowest BCUT2D eigenvalue weighted by atomic mass is 9.66. The molecule has 26 heavy (non-hydrogen) atoms. The Labute approximate surface area is 161 Å². The lowest BCUT2D eigenvalue weighted by Gasteiger charge is -2.45. The van der Waals surface area contributed by atoms with E-state index in [0.717, 1.165) is 43.9 Å². The maximum absolute atomic E-state index is 6.13. The minimum Gasteiger partial charge on any atom is -0.378 e. The van der Waals surface area contributed by atoms with Crippen molar-refractivity contribution >= 4 is 0 Å². The molecular weight excluding hydrogens is 320 g/mol. The van der Waals surface area contributed by atoms with Gasteiger partial charge >= 0.3 is 0 Å². The lowest BCUT2D eigenvalue weighted by Crippen LogP contribution is -2.57. The van der Waals surface area contributed by atoms with Gasteiger partial charge in [-0.3, -0.25) is 0 Å². The number of ether oxygens (including phenoxy) is 1. The average molecular weight is 361 g/mol. The van der Waals surface area contributed by atoms with Crippen LogP contribution in [0.15, 0.2) is 0 Å². The van der Waals surface area contributed by atoms with Gasteiger partial charge in [0.1, 0.15) is 0 Å². The summed E-state index contributed by atoms with van der Waals surface area (Å²) in [5.74, 6) is 9.89. The molecule has 1 saturated heterocycles. The maximum atomic E-state index is 6.13. The van der Waals surface area contributed by atoms with Gasteiger partial charge in [0, 0.05) is 32.0 Å². The number of fused-ring (bicyclic) bond motifs is 1. The molecular formula is C23H40N2O. The van der Waals surface area contributed by atoms with Crippen LogP contribution in [-0.2, 0) is 4.74 Å². The van der Waals surface area contributed by atoms with Crippen LogP contribution < -0.4 is 10.6 Å². The minimum atomic E-state index is 0.491. The standard InChI is InChI=1S/C23H40N2O/c1-3-5-7-8-18-16-24-23(25-17-18)21-10-9-20-15-22(26-13-6-4-2)12-11-19(20)14-21/h18-25H,3-6,9-17H2,1-2H3. The Hall–Kier alpha value is -0.560. The predicted octanol–water partition coefficient (Wildman–Crippen LogP) is 4.33. The van der Waals surface area contributed by atoms with Crippen molar-refractivity contribution in [2.24, 2.45) is 23.7 Å². The van der Waals surface area contributed by atoms with Gasteiger partial charge in [-0.25, -0.2) is 0 Å². The second-order valence-corrected chi connectivity index (χ2v) is 8.81. The van der Waals surface area contributed by atoms with Crippen LogP contribution in [0.2, 0.25) is 0 Å². The second-order valence-electron chi connectivity index (χ2n) is 8.81. The van der Waals surface area contributed by atoms with Crippen LogP contribution in [0.3, 0.4) is 0 Å². The number of unbranched alkanes of at least 4 members (excludes halogenated alkanes) is 2. The summed E-state index contributed by atoms with van der Waals surface area (Å²) in [5, 5.41) is 7.53. The number of nitrogens with one attached hydrogen (secondary N) is 2. The summed E-state index contributed by atoms with van der Waals surface area (Å²) in [6, 6.07) is 0. The van der Waals surface area contributed by atoms with Gasteiger partial charge in [0.25, 0.3) is 0 Å². The van der Waals surface area contributed by atoms with Crippen molar-refractivity contribution < 1.29 is 4.74 Å². The smallest absolute Gasteiger partial charge is 0.0601 e. The topological polar surface area (TPSA) is 33.3 Å². The molecule has 0 spiro atoms. The number of hydrogen-bond acceptors (Lipinski definition) is 3. The van der Waals surface area contributed by atoms with Crippen LogP contribution in [0.1, 0.15) is 78.1 Å². The Bertz CT molecular complexity index is 461. The lowest BCUT2D eigenvalue weighted by molar-refractivity contribution is -0.0241. The summed E-state index contributed by atoms with van der Waals surface area (Å²) < 4.78 is 6.13. The molecule has 0 bridgehead atoms. The number of hydrogen-bond donors (Lipinski definition) is 2. The highest BCUT2D eigenvalue weighted by atomic mass is 16.5. The molecule has 0 aromatic rings. The van der Waals surface area contributed by atoms with Gasteiger partial charge in [0.15, 0.2) is 0 Å². The minimum absolute atomic E-state index is 0.491. The molecule has 3 aliphatic rings. The van der Waals surface area contributed by atoms with Crippen LogP contribution in [0.5, 0.6) is 0 Å². The Morgan fingerprint density at radius 1 is 0.885 bits per heavy atom. The summed E-state index contributed by atoms with van der Waals surface area (Å²) in [4.78, 5) is 0. The third-order valence-electron chi connectivity index (χ3n) is 6.78. The zero-order valence-electron chi connectivity index (χ0n) is 17.1. The molecule has 4 atom stereocenters. The summed E-state index contributed by atoms with van der Waals surface area (Å²) in [7, 11) is 0. The molecule has 0 aromatic heterocycles. The van der Waals surface area contributed by atoms with E-state index in [1.807, 2.05) is 0 Å².